The third kappa shape index (κ3) is 4.13. The number of carbonyl (C=O) groups is 1. The fourth-order valence-electron chi connectivity index (χ4n) is 2.52. The van der Waals surface area contributed by atoms with Crippen LogP contribution in [0.5, 0.6) is 5.75 Å². The standard InChI is InChI=1S/C18H24N2O2/c1-3-5-6-11-18(21)20-14-12-19(13-15-20)16-9-7-8-10-17(16)22-4-2/h3,5-11H,4,12-15H2,1-2H3. The molecule has 1 saturated heterocycles. The van der Waals surface area contributed by atoms with Crippen molar-refractivity contribution in [1.29, 1.82) is 0 Å². The van der Waals surface area contributed by atoms with Crippen LogP contribution >= 0.6 is 0 Å². The van der Waals surface area contributed by atoms with E-state index < -0.39 is 0 Å². The summed E-state index contributed by atoms with van der Waals surface area (Å²) in [4.78, 5) is 16.2. The average molecular weight is 300 g/mol. The van der Waals surface area contributed by atoms with E-state index >= 15 is 0 Å². The van der Waals surface area contributed by atoms with Crippen molar-refractivity contribution in [3.05, 3.63) is 48.6 Å². The van der Waals surface area contributed by atoms with Gasteiger partial charge in [0.25, 0.3) is 0 Å². The zero-order valence-corrected chi connectivity index (χ0v) is 13.4. The molecule has 0 spiro atoms. The number of nitrogens with zero attached hydrogens (tertiary/aromatic N) is 2. The van der Waals surface area contributed by atoms with Crippen LogP contribution in [0.15, 0.2) is 48.6 Å². The summed E-state index contributed by atoms with van der Waals surface area (Å²) in [5.41, 5.74) is 1.11. The second-order valence-electron chi connectivity index (χ2n) is 5.10. The number of ether oxygens (including phenoxy) is 1. The monoisotopic (exact) mass is 300 g/mol. The van der Waals surface area contributed by atoms with Gasteiger partial charge in [-0.15, -0.1) is 0 Å². The van der Waals surface area contributed by atoms with Gasteiger partial charge in [-0.05, 0) is 26.0 Å². The summed E-state index contributed by atoms with van der Waals surface area (Å²) in [7, 11) is 0. The van der Waals surface area contributed by atoms with Crippen LogP contribution in [0.3, 0.4) is 0 Å². The van der Waals surface area contributed by atoms with Crippen molar-refractivity contribution in [2.45, 2.75) is 13.8 Å². The molecule has 2 rings (SSSR count). The molecule has 0 aromatic heterocycles. The van der Waals surface area contributed by atoms with Gasteiger partial charge in [0.15, 0.2) is 0 Å². The smallest absolute Gasteiger partial charge is 0.246 e. The van der Waals surface area contributed by atoms with Crippen molar-refractivity contribution >= 4 is 11.6 Å². The van der Waals surface area contributed by atoms with Crippen LogP contribution < -0.4 is 9.64 Å². The summed E-state index contributed by atoms with van der Waals surface area (Å²) in [5.74, 6) is 0.994. The van der Waals surface area contributed by atoms with Gasteiger partial charge in [0.1, 0.15) is 5.75 Å². The van der Waals surface area contributed by atoms with Crippen LogP contribution in [-0.4, -0.2) is 43.6 Å². The molecule has 4 nitrogen and oxygen atoms in total. The third-order valence-electron chi connectivity index (χ3n) is 3.64. The summed E-state index contributed by atoms with van der Waals surface area (Å²) in [6, 6.07) is 8.08. The molecule has 0 saturated carbocycles. The SMILES string of the molecule is CC=CC=CC(=O)N1CCN(c2ccccc2OCC)CC1. The molecule has 0 N–H and O–H groups in total. The number of rotatable bonds is 5. The van der Waals surface area contributed by atoms with Crippen molar-refractivity contribution in [3.63, 3.8) is 0 Å². The van der Waals surface area contributed by atoms with E-state index in [4.69, 9.17) is 4.74 Å². The highest BCUT2D eigenvalue weighted by Crippen LogP contribution is 2.28. The first kappa shape index (κ1) is 16.1. The number of piperazine rings is 1. The Morgan fingerprint density at radius 3 is 2.59 bits per heavy atom. The van der Waals surface area contributed by atoms with E-state index in [1.807, 2.05) is 49.1 Å². The molecule has 22 heavy (non-hydrogen) atoms. The summed E-state index contributed by atoms with van der Waals surface area (Å²) in [5, 5.41) is 0. The molecule has 0 unspecified atom stereocenters. The van der Waals surface area contributed by atoms with Crippen LogP contribution in [0.2, 0.25) is 0 Å². The second-order valence-corrected chi connectivity index (χ2v) is 5.10. The summed E-state index contributed by atoms with van der Waals surface area (Å²) in [6.07, 6.45) is 7.20. The topological polar surface area (TPSA) is 32.8 Å². The number of hydrogen-bond acceptors (Lipinski definition) is 3. The first-order valence-electron chi connectivity index (χ1n) is 7.81. The van der Waals surface area contributed by atoms with Crippen molar-refractivity contribution in [2.24, 2.45) is 0 Å². The molecule has 0 aliphatic carbocycles. The van der Waals surface area contributed by atoms with E-state index in [9.17, 15) is 4.79 Å². The van der Waals surface area contributed by atoms with E-state index in [0.29, 0.717) is 6.61 Å². The Morgan fingerprint density at radius 1 is 1.18 bits per heavy atom. The molecular formula is C18H24N2O2. The van der Waals surface area contributed by atoms with Crippen molar-refractivity contribution in [1.82, 2.24) is 4.90 Å². The molecule has 4 heteroatoms. The third-order valence-corrected chi connectivity index (χ3v) is 3.64. The van der Waals surface area contributed by atoms with Gasteiger partial charge in [-0.2, -0.15) is 0 Å². The highest BCUT2D eigenvalue weighted by atomic mass is 16.5. The summed E-state index contributed by atoms with van der Waals surface area (Å²) >= 11 is 0. The number of para-hydroxylation sites is 2. The molecule has 0 radical (unpaired) electrons. The average Bonchev–Trinajstić information content (AvgIpc) is 2.56. The fraction of sp³-hybridized carbons (Fsp3) is 0.389. The first-order valence-corrected chi connectivity index (χ1v) is 7.81. The van der Waals surface area contributed by atoms with Gasteiger partial charge in [-0.25, -0.2) is 0 Å². The molecule has 0 atom stereocenters. The maximum atomic E-state index is 12.0. The molecule has 1 heterocycles. The molecule has 1 aliphatic rings. The van der Waals surface area contributed by atoms with E-state index in [2.05, 4.69) is 11.0 Å². The van der Waals surface area contributed by atoms with Crippen LogP contribution in [0.25, 0.3) is 0 Å². The molecule has 0 bridgehead atoms. The zero-order valence-electron chi connectivity index (χ0n) is 13.4. The zero-order chi connectivity index (χ0) is 15.8. The van der Waals surface area contributed by atoms with Crippen molar-refractivity contribution in [3.8, 4) is 5.75 Å². The minimum atomic E-state index is 0.0795. The predicted molar refractivity (Wildman–Crippen MR) is 90.4 cm³/mol. The Labute approximate surface area is 132 Å². The minimum Gasteiger partial charge on any atom is -0.492 e. The Balaban J connectivity index is 1.96. The fourth-order valence-corrected chi connectivity index (χ4v) is 2.52. The Kier molecular flexibility index (Phi) is 6.07. The number of allylic oxidation sites excluding steroid dienone is 3. The molecule has 118 valence electrons. The van der Waals surface area contributed by atoms with E-state index in [-0.39, 0.29) is 5.91 Å². The molecule has 1 fully saturated rings. The lowest BCUT2D eigenvalue weighted by atomic mass is 10.2. The largest absolute Gasteiger partial charge is 0.492 e. The van der Waals surface area contributed by atoms with Crippen LogP contribution in [-0.2, 0) is 4.79 Å². The maximum absolute atomic E-state index is 12.0. The highest BCUT2D eigenvalue weighted by molar-refractivity contribution is 5.88. The van der Waals surface area contributed by atoms with E-state index in [0.717, 1.165) is 37.6 Å². The Bertz CT molecular complexity index is 544. The molecule has 1 amide bonds. The number of hydrogen-bond donors (Lipinski definition) is 0. The lowest BCUT2D eigenvalue weighted by Crippen LogP contribution is -2.48. The van der Waals surface area contributed by atoms with E-state index in [1.54, 1.807) is 12.2 Å². The Morgan fingerprint density at radius 2 is 1.91 bits per heavy atom. The second kappa shape index (κ2) is 8.27. The van der Waals surface area contributed by atoms with Crippen molar-refractivity contribution < 1.29 is 9.53 Å². The molecule has 1 aromatic carbocycles. The highest BCUT2D eigenvalue weighted by Gasteiger charge is 2.21. The number of carbonyl (C=O) groups excluding carboxylic acids is 1. The van der Waals surface area contributed by atoms with Crippen LogP contribution in [0, 0.1) is 0 Å². The van der Waals surface area contributed by atoms with Gasteiger partial charge in [0, 0.05) is 32.3 Å². The molecule has 1 aliphatic heterocycles. The van der Waals surface area contributed by atoms with Gasteiger partial charge < -0.3 is 14.5 Å². The number of benzene rings is 1. The minimum absolute atomic E-state index is 0.0795. The molecular weight excluding hydrogens is 276 g/mol. The van der Waals surface area contributed by atoms with Crippen LogP contribution in [0.4, 0.5) is 5.69 Å². The lowest BCUT2D eigenvalue weighted by molar-refractivity contribution is -0.126. The molecule has 1 aromatic rings. The van der Waals surface area contributed by atoms with Gasteiger partial charge in [-0.1, -0.05) is 30.4 Å². The lowest BCUT2D eigenvalue weighted by Gasteiger charge is -2.36. The van der Waals surface area contributed by atoms with Gasteiger partial charge in [-0.3, -0.25) is 4.79 Å². The summed E-state index contributed by atoms with van der Waals surface area (Å²) in [6.45, 7) is 7.71. The maximum Gasteiger partial charge on any atom is 0.246 e. The van der Waals surface area contributed by atoms with Crippen LogP contribution in [0.1, 0.15) is 13.8 Å². The van der Waals surface area contributed by atoms with E-state index in [1.165, 1.54) is 0 Å². The number of anilines is 1. The first-order chi connectivity index (χ1) is 10.8. The van der Waals surface area contributed by atoms with Gasteiger partial charge >= 0.3 is 0 Å². The predicted octanol–water partition coefficient (Wildman–Crippen LogP) is 2.87. The normalized spacial score (nSPS) is 15.7. The van der Waals surface area contributed by atoms with Gasteiger partial charge in [0.2, 0.25) is 5.91 Å². The number of amides is 1. The Hall–Kier alpha value is -2.23. The quantitative estimate of drug-likeness (QED) is 0.619. The summed E-state index contributed by atoms with van der Waals surface area (Å²) < 4.78 is 5.69. The van der Waals surface area contributed by atoms with Crippen molar-refractivity contribution in [2.75, 3.05) is 37.7 Å². The van der Waals surface area contributed by atoms with Gasteiger partial charge in [0.05, 0.1) is 12.3 Å².